The van der Waals surface area contributed by atoms with E-state index in [1.165, 1.54) is 18.3 Å². The van der Waals surface area contributed by atoms with Crippen LogP contribution in [0.5, 0.6) is 11.6 Å². The number of hydrogen-bond acceptors (Lipinski definition) is 3. The van der Waals surface area contributed by atoms with E-state index in [-0.39, 0.29) is 17.7 Å². The number of nitrogens with one attached hydrogen (secondary N) is 1. The molecule has 0 bridgehead atoms. The number of rotatable bonds is 5. The van der Waals surface area contributed by atoms with Gasteiger partial charge < -0.3 is 10.1 Å². The molecule has 0 fully saturated rings. The Morgan fingerprint density at radius 1 is 1.29 bits per heavy atom. The molecule has 1 aromatic carbocycles. The van der Waals surface area contributed by atoms with Crippen LogP contribution in [0.4, 0.5) is 8.78 Å². The summed E-state index contributed by atoms with van der Waals surface area (Å²) < 4.78 is 33.4. The van der Waals surface area contributed by atoms with Crippen LogP contribution in [0, 0.1) is 11.6 Å². The minimum Gasteiger partial charge on any atom is -0.436 e. The van der Waals surface area contributed by atoms with Gasteiger partial charge in [-0.05, 0) is 18.2 Å². The Labute approximate surface area is 130 Å². The first-order valence-electron chi connectivity index (χ1n) is 6.46. The molecular formula is C15H15BrF2N2O. The van der Waals surface area contributed by atoms with Gasteiger partial charge in [0.1, 0.15) is 11.6 Å². The van der Waals surface area contributed by atoms with Gasteiger partial charge in [0.25, 0.3) is 5.88 Å². The highest BCUT2D eigenvalue weighted by molar-refractivity contribution is 9.10. The molecule has 0 saturated heterocycles. The van der Waals surface area contributed by atoms with E-state index in [1.54, 1.807) is 12.1 Å². The smallest absolute Gasteiger partial charge is 0.256 e. The topological polar surface area (TPSA) is 34.2 Å². The standard InChI is InChI=1S/C15H15BrF2N2O/c1-9(2)20-8-10-3-4-19-15(14(10)18)21-13-6-11(16)5-12(17)7-13/h3-7,9,20H,8H2,1-2H3. The van der Waals surface area contributed by atoms with Crippen molar-refractivity contribution >= 4 is 15.9 Å². The molecular weight excluding hydrogens is 342 g/mol. The van der Waals surface area contributed by atoms with Gasteiger partial charge >= 0.3 is 0 Å². The van der Waals surface area contributed by atoms with Crippen LogP contribution in [-0.4, -0.2) is 11.0 Å². The number of ether oxygens (including phenoxy) is 1. The van der Waals surface area contributed by atoms with Crippen molar-refractivity contribution in [2.24, 2.45) is 0 Å². The van der Waals surface area contributed by atoms with Crippen molar-refractivity contribution in [1.82, 2.24) is 10.3 Å². The molecule has 1 aromatic heterocycles. The normalized spacial score (nSPS) is 11.0. The van der Waals surface area contributed by atoms with Gasteiger partial charge in [-0.15, -0.1) is 0 Å². The predicted molar refractivity (Wildman–Crippen MR) is 80.3 cm³/mol. The van der Waals surface area contributed by atoms with Crippen molar-refractivity contribution in [2.45, 2.75) is 26.4 Å². The molecule has 0 unspecified atom stereocenters. The molecule has 0 spiro atoms. The van der Waals surface area contributed by atoms with Gasteiger partial charge in [0.15, 0.2) is 5.82 Å². The van der Waals surface area contributed by atoms with Crippen molar-refractivity contribution in [2.75, 3.05) is 0 Å². The first kappa shape index (κ1) is 15.9. The van der Waals surface area contributed by atoms with Crippen molar-refractivity contribution < 1.29 is 13.5 Å². The first-order chi connectivity index (χ1) is 9.95. The summed E-state index contributed by atoms with van der Waals surface area (Å²) in [5.41, 5.74) is 0.448. The summed E-state index contributed by atoms with van der Waals surface area (Å²) in [7, 11) is 0. The Morgan fingerprint density at radius 2 is 2.05 bits per heavy atom. The average Bonchev–Trinajstić information content (AvgIpc) is 2.38. The fourth-order valence-electron chi connectivity index (χ4n) is 1.68. The maximum absolute atomic E-state index is 14.3. The Morgan fingerprint density at radius 3 is 2.71 bits per heavy atom. The van der Waals surface area contributed by atoms with Crippen molar-refractivity contribution in [3.63, 3.8) is 0 Å². The summed E-state index contributed by atoms with van der Waals surface area (Å²) in [5, 5.41) is 3.12. The van der Waals surface area contributed by atoms with Crippen LogP contribution in [0.1, 0.15) is 19.4 Å². The zero-order valence-corrected chi connectivity index (χ0v) is 13.2. The summed E-state index contributed by atoms with van der Waals surface area (Å²) in [6.45, 7) is 4.32. The lowest BCUT2D eigenvalue weighted by molar-refractivity contribution is 0.413. The van der Waals surface area contributed by atoms with Crippen LogP contribution < -0.4 is 10.1 Å². The first-order valence-corrected chi connectivity index (χ1v) is 7.25. The van der Waals surface area contributed by atoms with E-state index in [0.29, 0.717) is 16.6 Å². The van der Waals surface area contributed by atoms with E-state index in [2.05, 4.69) is 26.2 Å². The largest absolute Gasteiger partial charge is 0.436 e. The van der Waals surface area contributed by atoms with Crippen molar-refractivity contribution in [3.8, 4) is 11.6 Å². The van der Waals surface area contributed by atoms with Crippen LogP contribution >= 0.6 is 15.9 Å². The number of hydrogen-bond donors (Lipinski definition) is 1. The third kappa shape index (κ3) is 4.47. The lowest BCUT2D eigenvalue weighted by atomic mass is 10.2. The molecule has 21 heavy (non-hydrogen) atoms. The molecule has 1 N–H and O–H groups in total. The van der Waals surface area contributed by atoms with Crippen LogP contribution in [0.3, 0.4) is 0 Å². The molecule has 3 nitrogen and oxygen atoms in total. The van der Waals surface area contributed by atoms with Crippen LogP contribution in [0.2, 0.25) is 0 Å². The molecule has 0 aliphatic heterocycles. The van der Waals surface area contributed by atoms with Crippen LogP contribution in [-0.2, 0) is 6.54 Å². The second kappa shape index (κ2) is 6.95. The van der Waals surface area contributed by atoms with E-state index in [9.17, 15) is 8.78 Å². The minimum atomic E-state index is -0.550. The number of pyridine rings is 1. The Balaban J connectivity index is 2.22. The van der Waals surface area contributed by atoms with Crippen LogP contribution in [0.25, 0.3) is 0 Å². The molecule has 0 aliphatic rings. The number of halogens is 3. The molecule has 0 amide bonds. The van der Waals surface area contributed by atoms with Crippen molar-refractivity contribution in [1.29, 1.82) is 0 Å². The molecule has 2 rings (SSSR count). The zero-order chi connectivity index (χ0) is 15.4. The highest BCUT2D eigenvalue weighted by Crippen LogP contribution is 2.27. The molecule has 0 saturated carbocycles. The second-order valence-electron chi connectivity index (χ2n) is 4.83. The molecule has 2 aromatic rings. The Kier molecular flexibility index (Phi) is 5.25. The Bertz CT molecular complexity index is 615. The van der Waals surface area contributed by atoms with E-state index >= 15 is 0 Å². The molecule has 0 atom stereocenters. The van der Waals surface area contributed by atoms with Gasteiger partial charge in [-0.1, -0.05) is 29.8 Å². The summed E-state index contributed by atoms with van der Waals surface area (Å²) in [6.07, 6.45) is 1.46. The monoisotopic (exact) mass is 356 g/mol. The van der Waals surface area contributed by atoms with E-state index in [4.69, 9.17) is 4.74 Å². The third-order valence-electron chi connectivity index (χ3n) is 2.69. The van der Waals surface area contributed by atoms with E-state index in [1.807, 2.05) is 13.8 Å². The highest BCUT2D eigenvalue weighted by Gasteiger charge is 2.12. The molecule has 0 radical (unpaired) electrons. The van der Waals surface area contributed by atoms with Crippen molar-refractivity contribution in [3.05, 3.63) is 52.1 Å². The quantitative estimate of drug-likeness (QED) is 0.861. The van der Waals surface area contributed by atoms with Gasteiger partial charge in [0.05, 0.1) is 0 Å². The summed E-state index contributed by atoms with van der Waals surface area (Å²) in [6, 6.07) is 5.83. The third-order valence-corrected chi connectivity index (χ3v) is 3.15. The lowest BCUT2D eigenvalue weighted by Gasteiger charge is -2.11. The van der Waals surface area contributed by atoms with Gasteiger partial charge in [0, 0.05) is 34.9 Å². The minimum absolute atomic E-state index is 0.171. The average molecular weight is 357 g/mol. The molecule has 112 valence electrons. The Hall–Kier alpha value is -1.53. The van der Waals surface area contributed by atoms with Crippen LogP contribution in [0.15, 0.2) is 34.9 Å². The molecule has 0 aliphatic carbocycles. The lowest BCUT2D eigenvalue weighted by Crippen LogP contribution is -2.22. The molecule has 6 heteroatoms. The fourth-order valence-corrected chi connectivity index (χ4v) is 2.13. The number of benzene rings is 1. The van der Waals surface area contributed by atoms with E-state index < -0.39 is 11.6 Å². The summed E-state index contributed by atoms with van der Waals surface area (Å²) >= 11 is 3.16. The maximum atomic E-state index is 14.3. The van der Waals surface area contributed by atoms with Gasteiger partial charge in [-0.3, -0.25) is 0 Å². The van der Waals surface area contributed by atoms with Gasteiger partial charge in [0.2, 0.25) is 0 Å². The fraction of sp³-hybridized carbons (Fsp3) is 0.267. The maximum Gasteiger partial charge on any atom is 0.256 e. The predicted octanol–water partition coefficient (Wildman–Crippen LogP) is 4.41. The number of nitrogens with zero attached hydrogens (tertiary/aromatic N) is 1. The molecule has 1 heterocycles. The number of aromatic nitrogens is 1. The zero-order valence-electron chi connectivity index (χ0n) is 11.7. The second-order valence-corrected chi connectivity index (χ2v) is 5.75. The summed E-state index contributed by atoms with van der Waals surface area (Å²) in [5.74, 6) is -1.01. The van der Waals surface area contributed by atoms with Gasteiger partial charge in [-0.2, -0.15) is 0 Å². The summed E-state index contributed by atoms with van der Waals surface area (Å²) in [4.78, 5) is 3.86. The SMILES string of the molecule is CC(C)NCc1ccnc(Oc2cc(F)cc(Br)c2)c1F. The van der Waals surface area contributed by atoms with E-state index in [0.717, 1.165) is 0 Å². The van der Waals surface area contributed by atoms with Gasteiger partial charge in [-0.25, -0.2) is 13.8 Å². The highest BCUT2D eigenvalue weighted by atomic mass is 79.9.